The molecule has 0 aliphatic carbocycles. The van der Waals surface area contributed by atoms with Crippen LogP contribution in [0.4, 0.5) is 0 Å². The highest BCUT2D eigenvalue weighted by Gasteiger charge is 2.34. The van der Waals surface area contributed by atoms with E-state index in [9.17, 15) is 9.59 Å². The zero-order valence-corrected chi connectivity index (χ0v) is 21.8. The lowest BCUT2D eigenvalue weighted by molar-refractivity contribution is -0.125. The molecule has 37 heavy (non-hydrogen) atoms. The number of benzene rings is 3. The highest BCUT2D eigenvalue weighted by molar-refractivity contribution is 8.01. The van der Waals surface area contributed by atoms with Crippen molar-refractivity contribution in [3.63, 3.8) is 0 Å². The van der Waals surface area contributed by atoms with Gasteiger partial charge in [-0.15, -0.1) is 11.8 Å². The second-order valence-corrected chi connectivity index (χ2v) is 9.79. The van der Waals surface area contributed by atoms with Crippen LogP contribution in [0.15, 0.2) is 72.8 Å². The molecule has 1 heterocycles. The van der Waals surface area contributed by atoms with E-state index in [1.54, 1.807) is 7.11 Å². The topological polar surface area (TPSA) is 76.7 Å². The maximum absolute atomic E-state index is 12.5. The Kier molecular flexibility index (Phi) is 9.12. The van der Waals surface area contributed by atoms with Crippen LogP contribution in [0.5, 0.6) is 11.5 Å². The molecule has 3 aromatic carbocycles. The summed E-state index contributed by atoms with van der Waals surface area (Å²) in [6.07, 6.45) is 0.794. The molecule has 0 bridgehead atoms. The van der Waals surface area contributed by atoms with E-state index in [1.807, 2.05) is 79.7 Å². The summed E-state index contributed by atoms with van der Waals surface area (Å²) in [6.45, 7) is 2.95. The zero-order valence-electron chi connectivity index (χ0n) is 21.0. The Morgan fingerprint density at radius 2 is 1.73 bits per heavy atom. The molecule has 190 valence electrons. The van der Waals surface area contributed by atoms with Gasteiger partial charge in [-0.2, -0.15) is 0 Å². The van der Waals surface area contributed by atoms with E-state index in [0.717, 1.165) is 22.3 Å². The van der Waals surface area contributed by atoms with Gasteiger partial charge in [0, 0.05) is 24.1 Å². The number of hydrogen-bond acceptors (Lipinski definition) is 5. The minimum absolute atomic E-state index is 0.116. The summed E-state index contributed by atoms with van der Waals surface area (Å²) in [5.74, 6) is 7.42. The molecule has 2 atom stereocenters. The van der Waals surface area contributed by atoms with Gasteiger partial charge in [-0.3, -0.25) is 9.59 Å². The molecular weight excluding hydrogens is 484 g/mol. The molecule has 0 radical (unpaired) electrons. The van der Waals surface area contributed by atoms with Crippen molar-refractivity contribution in [1.82, 2.24) is 10.6 Å². The smallest absolute Gasteiger partial charge is 0.234 e. The third-order valence-electron chi connectivity index (χ3n) is 5.84. The fourth-order valence-corrected chi connectivity index (χ4v) is 5.19. The fraction of sp³-hybridized carbons (Fsp3) is 0.267. The summed E-state index contributed by atoms with van der Waals surface area (Å²) in [6, 6.07) is 23.4. The number of amides is 2. The third kappa shape index (κ3) is 7.31. The van der Waals surface area contributed by atoms with E-state index in [4.69, 9.17) is 9.47 Å². The summed E-state index contributed by atoms with van der Waals surface area (Å²) in [4.78, 5) is 25.0. The zero-order chi connectivity index (χ0) is 26.0. The van der Waals surface area contributed by atoms with E-state index >= 15 is 0 Å². The van der Waals surface area contributed by atoms with Gasteiger partial charge in [-0.05, 0) is 60.9 Å². The first-order valence-electron chi connectivity index (χ1n) is 12.2. The minimum Gasteiger partial charge on any atom is -0.493 e. The van der Waals surface area contributed by atoms with E-state index in [2.05, 4.69) is 22.5 Å². The van der Waals surface area contributed by atoms with Gasteiger partial charge < -0.3 is 20.1 Å². The highest BCUT2D eigenvalue weighted by atomic mass is 32.2. The van der Waals surface area contributed by atoms with E-state index in [1.165, 1.54) is 11.8 Å². The van der Waals surface area contributed by atoms with Crippen LogP contribution in [0, 0.1) is 11.8 Å². The van der Waals surface area contributed by atoms with Gasteiger partial charge >= 0.3 is 0 Å². The van der Waals surface area contributed by atoms with Crippen molar-refractivity contribution in [2.24, 2.45) is 0 Å². The minimum atomic E-state index is -0.423. The Balaban J connectivity index is 1.25. The number of carbonyl (C=O) groups is 2. The van der Waals surface area contributed by atoms with E-state index < -0.39 is 5.25 Å². The highest BCUT2D eigenvalue weighted by Crippen LogP contribution is 2.37. The first-order valence-corrected chi connectivity index (χ1v) is 13.2. The van der Waals surface area contributed by atoms with Crippen LogP contribution in [0.2, 0.25) is 0 Å². The first kappa shape index (κ1) is 26.2. The van der Waals surface area contributed by atoms with Crippen molar-refractivity contribution < 1.29 is 19.1 Å². The number of nitrogens with one attached hydrogen (secondary N) is 2. The molecule has 1 saturated heterocycles. The maximum Gasteiger partial charge on any atom is 0.234 e. The Bertz CT molecular complexity index is 1280. The first-order chi connectivity index (χ1) is 18.1. The van der Waals surface area contributed by atoms with Crippen molar-refractivity contribution in [2.75, 3.05) is 20.3 Å². The normalized spacial score (nSPS) is 16.3. The van der Waals surface area contributed by atoms with E-state index in [-0.39, 0.29) is 23.6 Å². The summed E-state index contributed by atoms with van der Waals surface area (Å²) >= 11 is 1.47. The standard InChI is InChI=1S/C30H30N2O4S/c1-3-36-26-19-23(13-16-25(26)35-2)17-18-31-28(33)20-27-29(34)32-30(37-27)24-14-11-22(12-15-24)10-9-21-7-5-4-6-8-21/h4-8,11-16,19,27,30H,3,17-18,20H2,1-2H3,(H,31,33)(H,32,34)/t27-,30+/m1/s1. The number of carbonyl (C=O) groups excluding carboxylic acids is 2. The SMILES string of the molecule is CCOc1cc(CCNC(=O)C[C@H]2S[C@@H](c3ccc(C#Cc4ccccc4)cc3)NC2=O)ccc1OC. The van der Waals surface area contributed by atoms with Crippen molar-refractivity contribution >= 4 is 23.6 Å². The number of rotatable bonds is 9. The number of hydrogen-bond donors (Lipinski definition) is 2. The van der Waals surface area contributed by atoms with Gasteiger partial charge in [0.25, 0.3) is 0 Å². The van der Waals surface area contributed by atoms with Crippen molar-refractivity contribution in [3.8, 4) is 23.3 Å². The molecule has 2 amide bonds. The van der Waals surface area contributed by atoms with Crippen LogP contribution in [0.3, 0.4) is 0 Å². The van der Waals surface area contributed by atoms with Crippen molar-refractivity contribution in [1.29, 1.82) is 0 Å². The average Bonchev–Trinajstić information content (AvgIpc) is 3.28. The predicted molar refractivity (Wildman–Crippen MR) is 147 cm³/mol. The van der Waals surface area contributed by atoms with Gasteiger partial charge in [0.2, 0.25) is 11.8 Å². The Hall–Kier alpha value is -3.89. The average molecular weight is 515 g/mol. The molecule has 3 aromatic rings. The van der Waals surface area contributed by atoms with Gasteiger partial charge in [0.05, 0.1) is 19.0 Å². The molecule has 0 aromatic heterocycles. The fourth-order valence-electron chi connectivity index (χ4n) is 3.92. The molecule has 1 fully saturated rings. The maximum atomic E-state index is 12.5. The van der Waals surface area contributed by atoms with Crippen LogP contribution in [0.1, 0.15) is 41.0 Å². The third-order valence-corrected chi connectivity index (χ3v) is 7.21. The van der Waals surface area contributed by atoms with Crippen molar-refractivity contribution in [3.05, 3.63) is 95.1 Å². The van der Waals surface area contributed by atoms with Gasteiger partial charge in [0.1, 0.15) is 5.37 Å². The van der Waals surface area contributed by atoms with E-state index in [0.29, 0.717) is 31.1 Å². The Morgan fingerprint density at radius 3 is 2.43 bits per heavy atom. The summed E-state index contributed by atoms with van der Waals surface area (Å²) in [5, 5.41) is 5.32. The summed E-state index contributed by atoms with van der Waals surface area (Å²) in [7, 11) is 1.61. The molecule has 1 aliphatic heterocycles. The van der Waals surface area contributed by atoms with Gasteiger partial charge in [-0.25, -0.2) is 0 Å². The molecule has 1 aliphatic rings. The molecule has 6 nitrogen and oxygen atoms in total. The molecule has 0 saturated carbocycles. The van der Waals surface area contributed by atoms with Crippen LogP contribution in [-0.4, -0.2) is 37.3 Å². The largest absolute Gasteiger partial charge is 0.493 e. The monoisotopic (exact) mass is 514 g/mol. The Morgan fingerprint density at radius 1 is 1.00 bits per heavy atom. The molecule has 7 heteroatoms. The van der Waals surface area contributed by atoms with Gasteiger partial charge in [-0.1, -0.05) is 48.2 Å². The molecule has 0 unspecified atom stereocenters. The number of methoxy groups -OCH3 is 1. The second kappa shape index (κ2) is 12.9. The summed E-state index contributed by atoms with van der Waals surface area (Å²) in [5.41, 5.74) is 3.89. The van der Waals surface area contributed by atoms with Crippen LogP contribution < -0.4 is 20.1 Å². The van der Waals surface area contributed by atoms with Crippen LogP contribution >= 0.6 is 11.8 Å². The molecule has 4 rings (SSSR count). The number of thioether (sulfide) groups is 1. The second-order valence-electron chi connectivity index (χ2n) is 8.47. The predicted octanol–water partition coefficient (Wildman–Crippen LogP) is 4.47. The number of ether oxygens (including phenoxy) is 2. The summed E-state index contributed by atoms with van der Waals surface area (Å²) < 4.78 is 10.9. The van der Waals surface area contributed by atoms with Crippen molar-refractivity contribution in [2.45, 2.75) is 30.4 Å². The lowest BCUT2D eigenvalue weighted by atomic mass is 10.1. The van der Waals surface area contributed by atoms with Gasteiger partial charge in [0.15, 0.2) is 11.5 Å². The Labute approximate surface area is 222 Å². The lowest BCUT2D eigenvalue weighted by Crippen LogP contribution is -2.32. The van der Waals surface area contributed by atoms with Crippen LogP contribution in [0.25, 0.3) is 0 Å². The molecule has 0 spiro atoms. The molecule has 2 N–H and O–H groups in total. The van der Waals surface area contributed by atoms with Crippen LogP contribution in [-0.2, 0) is 16.0 Å². The molecular formula is C30H30N2O4S. The quantitative estimate of drug-likeness (QED) is 0.412. The lowest BCUT2D eigenvalue weighted by Gasteiger charge is -2.12.